The van der Waals surface area contributed by atoms with Crippen molar-refractivity contribution in [1.82, 2.24) is 0 Å². The molecule has 4 saturated carbocycles. The lowest BCUT2D eigenvalue weighted by Crippen LogP contribution is -2.57. The minimum Gasteiger partial charge on any atom is -0.325 e. The molecule has 0 aliphatic heterocycles. The zero-order chi connectivity index (χ0) is 16.9. The van der Waals surface area contributed by atoms with E-state index in [9.17, 15) is 13.6 Å². The van der Waals surface area contributed by atoms with Crippen molar-refractivity contribution < 1.29 is 13.6 Å². The normalized spacial score (nSPS) is 37.0. The first-order valence-corrected chi connectivity index (χ1v) is 9.68. The van der Waals surface area contributed by atoms with Gasteiger partial charge in [-0.25, -0.2) is 0 Å². The minimum atomic E-state index is -2.51. The second kappa shape index (κ2) is 5.87. The molecule has 0 radical (unpaired) electrons. The Kier molecular flexibility index (Phi) is 4.07. The van der Waals surface area contributed by atoms with E-state index in [0.29, 0.717) is 40.6 Å². The second-order valence-electron chi connectivity index (χ2n) is 7.72. The lowest BCUT2D eigenvalue weighted by molar-refractivity contribution is -0.138. The molecule has 4 fully saturated rings. The molecule has 1 aromatic rings. The van der Waals surface area contributed by atoms with E-state index < -0.39 is 11.2 Å². The topological polar surface area (TPSA) is 29.1 Å². The molecule has 4 bridgehead atoms. The zero-order valence-corrected chi connectivity index (χ0v) is 14.8. The molecule has 4 aliphatic carbocycles. The number of amides is 1. The van der Waals surface area contributed by atoms with Gasteiger partial charge < -0.3 is 5.32 Å². The maximum atomic E-state index is 13.1. The molecule has 24 heavy (non-hydrogen) atoms. The van der Waals surface area contributed by atoms with E-state index in [0.717, 1.165) is 25.7 Å². The van der Waals surface area contributed by atoms with Crippen LogP contribution < -0.4 is 5.32 Å². The van der Waals surface area contributed by atoms with Gasteiger partial charge in [0.05, 0.1) is 11.1 Å². The predicted octanol–water partition coefficient (Wildman–Crippen LogP) is 5.52. The second-order valence-corrected chi connectivity index (χ2v) is 9.55. The highest BCUT2D eigenvalue weighted by Crippen LogP contribution is 2.64. The summed E-state index contributed by atoms with van der Waals surface area (Å²) in [5.41, 5.74) is 0.0567. The smallest absolute Gasteiger partial charge is 0.288 e. The summed E-state index contributed by atoms with van der Waals surface area (Å²) in [7, 11) is 0. The molecule has 130 valence electrons. The van der Waals surface area contributed by atoms with Crippen molar-refractivity contribution in [2.45, 2.75) is 54.1 Å². The van der Waals surface area contributed by atoms with Crippen molar-refractivity contribution in [3.63, 3.8) is 0 Å². The Balaban J connectivity index is 1.57. The van der Waals surface area contributed by atoms with Crippen LogP contribution in [0.3, 0.4) is 0 Å². The zero-order valence-electron chi connectivity index (χ0n) is 13.2. The Morgan fingerprint density at radius 2 is 1.88 bits per heavy atom. The van der Waals surface area contributed by atoms with Crippen LogP contribution >= 0.6 is 23.4 Å². The van der Waals surface area contributed by atoms with E-state index >= 15 is 0 Å². The fourth-order valence-corrected chi connectivity index (χ4v) is 6.73. The summed E-state index contributed by atoms with van der Waals surface area (Å²) in [4.78, 5) is 13.3. The van der Waals surface area contributed by atoms with Crippen LogP contribution in [0, 0.1) is 17.3 Å². The van der Waals surface area contributed by atoms with Gasteiger partial charge in [0.25, 0.3) is 5.76 Å². The summed E-state index contributed by atoms with van der Waals surface area (Å²) in [5, 5.41) is 2.94. The van der Waals surface area contributed by atoms with E-state index in [1.54, 1.807) is 24.3 Å². The lowest BCUT2D eigenvalue weighted by atomic mass is 9.49. The summed E-state index contributed by atoms with van der Waals surface area (Å²) in [6, 6.07) is 6.78. The fraction of sp³-hybridized carbons (Fsp3) is 0.611. The molecule has 1 amide bonds. The summed E-state index contributed by atoms with van der Waals surface area (Å²) < 4.78 is 25.5. The molecule has 0 saturated heterocycles. The van der Waals surface area contributed by atoms with Gasteiger partial charge in [-0.1, -0.05) is 23.9 Å². The van der Waals surface area contributed by atoms with Crippen molar-refractivity contribution in [2.24, 2.45) is 17.3 Å². The number of carbonyl (C=O) groups excluding carboxylic acids is 1. The van der Waals surface area contributed by atoms with E-state index in [1.165, 1.54) is 6.42 Å². The van der Waals surface area contributed by atoms with Crippen LogP contribution in [-0.4, -0.2) is 16.5 Å². The number of anilines is 1. The standard InChI is InChI=1S/C18H20ClF2NOS/c19-18-8-11-5-12(9-18)7-17(6-11,10-18)15(23)22-13-3-1-2-4-14(13)24-16(20)21/h1-4,11-12,16H,5-10H2,(H,22,23). The monoisotopic (exact) mass is 371 g/mol. The van der Waals surface area contributed by atoms with Crippen LogP contribution in [0.15, 0.2) is 29.2 Å². The van der Waals surface area contributed by atoms with Gasteiger partial charge >= 0.3 is 0 Å². The van der Waals surface area contributed by atoms with Crippen LogP contribution in [0.5, 0.6) is 0 Å². The molecule has 0 spiro atoms. The fourth-order valence-electron chi connectivity index (χ4n) is 5.44. The molecule has 0 aromatic heterocycles. The van der Waals surface area contributed by atoms with Gasteiger partial charge in [0.1, 0.15) is 0 Å². The molecule has 2 unspecified atom stereocenters. The molecular weight excluding hydrogens is 352 g/mol. The largest absolute Gasteiger partial charge is 0.325 e. The average molecular weight is 372 g/mol. The Hall–Kier alpha value is -0.810. The molecule has 1 N–H and O–H groups in total. The Bertz CT molecular complexity index is 654. The summed E-state index contributed by atoms with van der Waals surface area (Å²) in [6.07, 6.45) is 5.68. The van der Waals surface area contributed by atoms with Crippen molar-refractivity contribution in [1.29, 1.82) is 0 Å². The molecule has 1 aromatic carbocycles. The molecule has 2 nitrogen and oxygen atoms in total. The van der Waals surface area contributed by atoms with E-state index in [-0.39, 0.29) is 10.8 Å². The van der Waals surface area contributed by atoms with Gasteiger partial charge in [0.15, 0.2) is 0 Å². The van der Waals surface area contributed by atoms with Gasteiger partial charge in [-0.2, -0.15) is 8.78 Å². The number of rotatable bonds is 4. The molecule has 2 atom stereocenters. The lowest BCUT2D eigenvalue weighted by Gasteiger charge is -2.59. The number of nitrogens with one attached hydrogen (secondary N) is 1. The van der Waals surface area contributed by atoms with E-state index in [2.05, 4.69) is 5.32 Å². The maximum Gasteiger partial charge on any atom is 0.288 e. The van der Waals surface area contributed by atoms with Crippen molar-refractivity contribution in [2.75, 3.05) is 5.32 Å². The predicted molar refractivity (Wildman–Crippen MR) is 92.6 cm³/mol. The number of halogens is 3. The Morgan fingerprint density at radius 3 is 2.50 bits per heavy atom. The van der Waals surface area contributed by atoms with Gasteiger partial charge in [0.2, 0.25) is 5.91 Å². The number of carbonyl (C=O) groups is 1. The number of hydrogen-bond donors (Lipinski definition) is 1. The van der Waals surface area contributed by atoms with Gasteiger partial charge in [-0.3, -0.25) is 4.79 Å². The third kappa shape index (κ3) is 2.94. The Labute approximate surface area is 149 Å². The molecule has 0 heterocycles. The van der Waals surface area contributed by atoms with Gasteiger partial charge in [-0.05, 0) is 62.5 Å². The Morgan fingerprint density at radius 1 is 1.21 bits per heavy atom. The average Bonchev–Trinajstić information content (AvgIpc) is 2.46. The van der Waals surface area contributed by atoms with Crippen LogP contribution in [-0.2, 0) is 4.79 Å². The van der Waals surface area contributed by atoms with Crippen LogP contribution in [0.4, 0.5) is 14.5 Å². The number of para-hydroxylation sites is 1. The SMILES string of the molecule is O=C(Nc1ccccc1SC(F)F)C12CC3CC(CC(Cl)(C3)C1)C2. The molecule has 4 aliphatic rings. The quantitative estimate of drug-likeness (QED) is 0.558. The minimum absolute atomic E-state index is 0.0380. The summed E-state index contributed by atoms with van der Waals surface area (Å²) in [6.45, 7) is 0. The summed E-state index contributed by atoms with van der Waals surface area (Å²) in [5.74, 6) is -1.49. The number of thioether (sulfide) groups is 1. The van der Waals surface area contributed by atoms with Crippen LogP contribution in [0.1, 0.15) is 38.5 Å². The third-order valence-electron chi connectivity index (χ3n) is 5.82. The molecule has 6 heteroatoms. The maximum absolute atomic E-state index is 13.1. The highest BCUT2D eigenvalue weighted by molar-refractivity contribution is 7.99. The number of alkyl halides is 3. The van der Waals surface area contributed by atoms with E-state index in [1.807, 2.05) is 0 Å². The van der Waals surface area contributed by atoms with Crippen molar-refractivity contribution >= 4 is 35.0 Å². The number of benzene rings is 1. The van der Waals surface area contributed by atoms with Gasteiger partial charge in [0, 0.05) is 9.77 Å². The van der Waals surface area contributed by atoms with Crippen LogP contribution in [0.2, 0.25) is 0 Å². The highest BCUT2D eigenvalue weighted by atomic mass is 35.5. The van der Waals surface area contributed by atoms with Crippen LogP contribution in [0.25, 0.3) is 0 Å². The van der Waals surface area contributed by atoms with Gasteiger partial charge in [-0.15, -0.1) is 11.6 Å². The number of hydrogen-bond acceptors (Lipinski definition) is 2. The molecular formula is C18H20ClF2NOS. The van der Waals surface area contributed by atoms with Crippen molar-refractivity contribution in [3.05, 3.63) is 24.3 Å². The first-order chi connectivity index (χ1) is 11.4. The van der Waals surface area contributed by atoms with Crippen molar-refractivity contribution in [3.8, 4) is 0 Å². The summed E-state index contributed by atoms with van der Waals surface area (Å²) >= 11 is 7.25. The first kappa shape index (κ1) is 16.6. The van der Waals surface area contributed by atoms with E-state index in [4.69, 9.17) is 11.6 Å². The highest BCUT2D eigenvalue weighted by Gasteiger charge is 2.60. The third-order valence-corrected chi connectivity index (χ3v) is 7.05. The molecule has 5 rings (SSSR count). The first-order valence-electron chi connectivity index (χ1n) is 8.42.